The summed E-state index contributed by atoms with van der Waals surface area (Å²) in [5.74, 6) is -0.854. The van der Waals surface area contributed by atoms with Crippen molar-refractivity contribution in [2.24, 2.45) is 0 Å². The maximum atomic E-state index is 12.7. The van der Waals surface area contributed by atoms with Crippen LogP contribution in [-0.2, 0) is 16.1 Å². The van der Waals surface area contributed by atoms with Crippen LogP contribution >= 0.6 is 0 Å². The average Bonchev–Trinajstić information content (AvgIpc) is 3.19. The van der Waals surface area contributed by atoms with E-state index in [1.165, 1.54) is 7.11 Å². The van der Waals surface area contributed by atoms with E-state index >= 15 is 0 Å². The third-order valence-corrected chi connectivity index (χ3v) is 5.22. The van der Waals surface area contributed by atoms with Crippen molar-refractivity contribution in [2.75, 3.05) is 12.4 Å². The van der Waals surface area contributed by atoms with Gasteiger partial charge in [0.25, 0.3) is 5.91 Å². The summed E-state index contributed by atoms with van der Waals surface area (Å²) in [4.78, 5) is 24.5. The lowest BCUT2D eigenvalue weighted by molar-refractivity contribution is -0.112. The first kappa shape index (κ1) is 21.6. The molecule has 0 saturated heterocycles. The molecule has 4 rings (SSSR count). The van der Waals surface area contributed by atoms with E-state index in [-0.39, 0.29) is 11.5 Å². The Hall–Kier alpha value is -4.63. The van der Waals surface area contributed by atoms with Gasteiger partial charge in [-0.15, -0.1) is 0 Å². The predicted molar refractivity (Wildman–Crippen MR) is 127 cm³/mol. The van der Waals surface area contributed by atoms with Crippen LogP contribution in [0.25, 0.3) is 17.0 Å². The number of carbonyl (C=O) groups excluding carboxylic acids is 2. The lowest BCUT2D eigenvalue weighted by Gasteiger charge is -2.07. The standard InChI is InChI=1S/C27H21N3O3/c1-33-27(32)20-9-7-8-19(14-20)17-30-18-22(24-12-5-6-13-25(24)30)15-21(16-28)26(31)29-23-10-3-2-4-11-23/h2-15,18H,17H2,1H3,(H,29,31)/b21-15-. The third-order valence-electron chi connectivity index (χ3n) is 5.22. The van der Waals surface area contributed by atoms with Gasteiger partial charge in [0, 0.05) is 34.9 Å². The molecule has 33 heavy (non-hydrogen) atoms. The summed E-state index contributed by atoms with van der Waals surface area (Å²) in [5, 5.41) is 13.3. The van der Waals surface area contributed by atoms with Crippen molar-refractivity contribution in [3.05, 3.63) is 107 Å². The Morgan fingerprint density at radius 3 is 2.55 bits per heavy atom. The molecule has 4 aromatic rings. The maximum absolute atomic E-state index is 12.7. The number of anilines is 1. The zero-order chi connectivity index (χ0) is 23.2. The highest BCUT2D eigenvalue weighted by molar-refractivity contribution is 6.10. The highest BCUT2D eigenvalue weighted by Crippen LogP contribution is 2.25. The SMILES string of the molecule is COC(=O)c1cccc(Cn2cc(/C=C(/C#N)C(=O)Nc3ccccc3)c3ccccc32)c1. The molecule has 0 atom stereocenters. The minimum atomic E-state index is -0.466. The number of hydrogen-bond donors (Lipinski definition) is 1. The number of fused-ring (bicyclic) bond motifs is 1. The summed E-state index contributed by atoms with van der Waals surface area (Å²) < 4.78 is 6.84. The van der Waals surface area contributed by atoms with Crippen molar-refractivity contribution in [3.8, 4) is 6.07 Å². The molecule has 1 aromatic heterocycles. The summed E-state index contributed by atoms with van der Waals surface area (Å²) in [6.45, 7) is 0.511. The van der Waals surface area contributed by atoms with Gasteiger partial charge in [0.1, 0.15) is 11.6 Å². The second-order valence-corrected chi connectivity index (χ2v) is 7.41. The predicted octanol–water partition coefficient (Wildman–Crippen LogP) is 5.02. The molecular formula is C27H21N3O3. The molecule has 0 radical (unpaired) electrons. The summed E-state index contributed by atoms with van der Waals surface area (Å²) in [6.07, 6.45) is 3.50. The molecule has 0 unspecified atom stereocenters. The maximum Gasteiger partial charge on any atom is 0.337 e. The Bertz CT molecular complexity index is 1400. The number of nitriles is 1. The van der Waals surface area contributed by atoms with Gasteiger partial charge in [0.05, 0.1) is 12.7 Å². The van der Waals surface area contributed by atoms with Gasteiger partial charge in [-0.25, -0.2) is 4.79 Å². The first-order valence-corrected chi connectivity index (χ1v) is 10.3. The average molecular weight is 435 g/mol. The van der Waals surface area contributed by atoms with Gasteiger partial charge in [0.15, 0.2) is 0 Å². The quantitative estimate of drug-likeness (QED) is 0.262. The van der Waals surface area contributed by atoms with Crippen molar-refractivity contribution in [2.45, 2.75) is 6.54 Å². The van der Waals surface area contributed by atoms with Crippen LogP contribution in [0.15, 0.2) is 90.6 Å². The van der Waals surface area contributed by atoms with Crippen molar-refractivity contribution in [1.82, 2.24) is 4.57 Å². The molecule has 6 heteroatoms. The number of amides is 1. The Kier molecular flexibility index (Phi) is 6.33. The first-order chi connectivity index (χ1) is 16.1. The van der Waals surface area contributed by atoms with Crippen LogP contribution in [0, 0.1) is 11.3 Å². The third kappa shape index (κ3) is 4.83. The zero-order valence-corrected chi connectivity index (χ0v) is 18.0. The van der Waals surface area contributed by atoms with Crippen LogP contribution in [0.2, 0.25) is 0 Å². The van der Waals surface area contributed by atoms with Crippen molar-refractivity contribution >= 4 is 34.5 Å². The van der Waals surface area contributed by atoms with Crippen LogP contribution in [0.1, 0.15) is 21.5 Å². The van der Waals surface area contributed by atoms with Crippen LogP contribution in [0.5, 0.6) is 0 Å². The lowest BCUT2D eigenvalue weighted by Crippen LogP contribution is -2.13. The zero-order valence-electron chi connectivity index (χ0n) is 18.0. The number of ether oxygens (including phenoxy) is 1. The number of aromatic nitrogens is 1. The summed E-state index contributed by atoms with van der Waals surface area (Å²) in [6, 6.07) is 26.1. The normalized spacial score (nSPS) is 11.1. The summed E-state index contributed by atoms with van der Waals surface area (Å²) in [7, 11) is 1.35. The topological polar surface area (TPSA) is 84.1 Å². The minimum Gasteiger partial charge on any atom is -0.465 e. The molecule has 0 aliphatic heterocycles. The van der Waals surface area contributed by atoms with E-state index in [4.69, 9.17) is 4.74 Å². The Labute approximate surface area is 191 Å². The Morgan fingerprint density at radius 1 is 1.03 bits per heavy atom. The van der Waals surface area contributed by atoms with E-state index < -0.39 is 5.91 Å². The lowest BCUT2D eigenvalue weighted by atomic mass is 10.1. The van der Waals surface area contributed by atoms with E-state index in [1.54, 1.807) is 30.3 Å². The van der Waals surface area contributed by atoms with E-state index in [9.17, 15) is 14.9 Å². The number of carbonyl (C=O) groups is 2. The fourth-order valence-corrected chi connectivity index (χ4v) is 3.66. The van der Waals surface area contributed by atoms with E-state index in [0.29, 0.717) is 17.8 Å². The van der Waals surface area contributed by atoms with Gasteiger partial charge >= 0.3 is 5.97 Å². The van der Waals surface area contributed by atoms with Crippen LogP contribution in [-0.4, -0.2) is 23.6 Å². The van der Waals surface area contributed by atoms with E-state index in [1.807, 2.05) is 71.4 Å². The molecule has 162 valence electrons. The molecule has 0 aliphatic carbocycles. The number of benzene rings is 3. The monoisotopic (exact) mass is 435 g/mol. The second-order valence-electron chi connectivity index (χ2n) is 7.41. The smallest absolute Gasteiger partial charge is 0.337 e. The number of hydrogen-bond acceptors (Lipinski definition) is 4. The van der Waals surface area contributed by atoms with Gasteiger partial charge in [-0.3, -0.25) is 4.79 Å². The highest BCUT2D eigenvalue weighted by Gasteiger charge is 2.13. The highest BCUT2D eigenvalue weighted by atomic mass is 16.5. The molecule has 0 fully saturated rings. The summed E-state index contributed by atoms with van der Waals surface area (Å²) in [5.41, 5.74) is 3.75. The van der Waals surface area contributed by atoms with Gasteiger partial charge in [-0.1, -0.05) is 48.5 Å². The molecule has 6 nitrogen and oxygen atoms in total. The van der Waals surface area contributed by atoms with Gasteiger partial charge < -0.3 is 14.6 Å². The van der Waals surface area contributed by atoms with Gasteiger partial charge in [-0.05, 0) is 42.0 Å². The van der Waals surface area contributed by atoms with Crippen molar-refractivity contribution < 1.29 is 14.3 Å². The number of methoxy groups -OCH3 is 1. The number of esters is 1. The number of nitrogens with one attached hydrogen (secondary N) is 1. The van der Waals surface area contributed by atoms with Crippen LogP contribution in [0.4, 0.5) is 5.69 Å². The molecule has 3 aromatic carbocycles. The molecule has 0 spiro atoms. The van der Waals surface area contributed by atoms with Crippen molar-refractivity contribution in [1.29, 1.82) is 5.26 Å². The molecule has 1 heterocycles. The summed E-state index contributed by atoms with van der Waals surface area (Å²) >= 11 is 0. The van der Waals surface area contributed by atoms with Gasteiger partial charge in [-0.2, -0.15) is 5.26 Å². The van der Waals surface area contributed by atoms with E-state index in [0.717, 1.165) is 22.0 Å². The minimum absolute atomic E-state index is 0.00875. The fourth-order valence-electron chi connectivity index (χ4n) is 3.66. The van der Waals surface area contributed by atoms with Gasteiger partial charge in [0.2, 0.25) is 0 Å². The molecule has 0 aliphatic rings. The molecule has 0 bridgehead atoms. The number of para-hydroxylation sites is 2. The number of nitrogens with zero attached hydrogens (tertiary/aromatic N) is 2. The largest absolute Gasteiger partial charge is 0.465 e. The van der Waals surface area contributed by atoms with E-state index in [2.05, 4.69) is 5.32 Å². The van der Waals surface area contributed by atoms with Crippen LogP contribution in [0.3, 0.4) is 0 Å². The molecule has 1 N–H and O–H groups in total. The Morgan fingerprint density at radius 2 is 1.79 bits per heavy atom. The molecular weight excluding hydrogens is 414 g/mol. The molecule has 1 amide bonds. The fraction of sp³-hybridized carbons (Fsp3) is 0.0741. The van der Waals surface area contributed by atoms with Crippen molar-refractivity contribution in [3.63, 3.8) is 0 Å². The second kappa shape index (κ2) is 9.67. The van der Waals surface area contributed by atoms with Crippen LogP contribution < -0.4 is 5.32 Å². The first-order valence-electron chi connectivity index (χ1n) is 10.3. The molecule has 0 saturated carbocycles. The Balaban J connectivity index is 1.68. The number of rotatable bonds is 6.